The van der Waals surface area contributed by atoms with Gasteiger partial charge in [-0.3, -0.25) is 0 Å². The maximum Gasteiger partial charge on any atom is 0.251 e. The molecule has 1 aliphatic rings. The maximum absolute atomic E-state index is 9.21. The van der Waals surface area contributed by atoms with E-state index >= 15 is 0 Å². The van der Waals surface area contributed by atoms with Gasteiger partial charge in [-0.1, -0.05) is 30.3 Å². The molecule has 1 aromatic heterocycles. The molecule has 1 fully saturated rings. The third-order valence-electron chi connectivity index (χ3n) is 5.40. The summed E-state index contributed by atoms with van der Waals surface area (Å²) in [5, 5.41) is 35.0. The molecule has 1 aliphatic heterocycles. The number of aromatic nitrogens is 2. The minimum absolute atomic E-state index is 0.103. The van der Waals surface area contributed by atoms with Crippen molar-refractivity contribution in [3.8, 4) is 28.3 Å². The first-order valence-corrected chi connectivity index (χ1v) is 10.5. The Morgan fingerprint density at radius 2 is 1.81 bits per heavy atom. The molecule has 4 rings (SSSR count). The van der Waals surface area contributed by atoms with Crippen molar-refractivity contribution < 1.29 is 29.2 Å². The molecule has 172 valence electrons. The van der Waals surface area contributed by atoms with Crippen LogP contribution in [-0.4, -0.2) is 63.6 Å². The van der Waals surface area contributed by atoms with Crippen LogP contribution >= 0.6 is 0 Å². The van der Waals surface area contributed by atoms with Crippen molar-refractivity contribution in [2.45, 2.75) is 51.6 Å². The summed E-state index contributed by atoms with van der Waals surface area (Å²) < 4.78 is 16.1. The lowest BCUT2D eigenvalue weighted by Crippen LogP contribution is -2.47. The smallest absolute Gasteiger partial charge is 0.251 e. The Morgan fingerprint density at radius 3 is 2.41 bits per heavy atom. The number of aliphatic hydroxyl groups is 3. The Balaban J connectivity index is 0.000000222. The average molecular weight is 443 g/mol. The molecule has 2 aromatic carbocycles. The summed E-state index contributed by atoms with van der Waals surface area (Å²) >= 11 is 0. The van der Waals surface area contributed by atoms with Gasteiger partial charge in [-0.15, -0.1) is 10.2 Å². The van der Waals surface area contributed by atoms with Crippen LogP contribution < -0.4 is 4.74 Å². The standard InChI is InChI=1S/C17H16N2O2.C7H14O4/c1-11-6-4-5-7-14(11)13-8-9-15(16(10-13)20-3)17-19-18-12(2)21-17;1-4-7(10)6(9)2-5(3-8)11-4/h4-10H,1-3H3;4-10H,2-3H2,1H3/t;4-,5?,6?,7?/m.1/s1. The molecule has 0 spiro atoms. The summed E-state index contributed by atoms with van der Waals surface area (Å²) in [4.78, 5) is 0. The molecule has 32 heavy (non-hydrogen) atoms. The van der Waals surface area contributed by atoms with E-state index in [2.05, 4.69) is 29.3 Å². The highest BCUT2D eigenvalue weighted by Gasteiger charge is 2.33. The predicted molar refractivity (Wildman–Crippen MR) is 119 cm³/mol. The number of nitrogens with zero attached hydrogens (tertiary/aromatic N) is 2. The number of ether oxygens (including phenoxy) is 2. The topological polar surface area (TPSA) is 118 Å². The average Bonchev–Trinajstić information content (AvgIpc) is 3.23. The number of hydrogen-bond donors (Lipinski definition) is 3. The lowest BCUT2D eigenvalue weighted by Gasteiger charge is -2.34. The fraction of sp³-hybridized carbons (Fsp3) is 0.417. The molecule has 2 heterocycles. The van der Waals surface area contributed by atoms with E-state index < -0.39 is 18.3 Å². The third kappa shape index (κ3) is 5.52. The van der Waals surface area contributed by atoms with E-state index in [4.69, 9.17) is 19.0 Å². The minimum atomic E-state index is -0.821. The fourth-order valence-electron chi connectivity index (χ4n) is 3.62. The van der Waals surface area contributed by atoms with Crippen molar-refractivity contribution in [1.82, 2.24) is 10.2 Å². The van der Waals surface area contributed by atoms with Gasteiger partial charge in [0.15, 0.2) is 0 Å². The number of methoxy groups -OCH3 is 1. The van der Waals surface area contributed by atoms with Gasteiger partial charge in [0.05, 0.1) is 37.6 Å². The molecular weight excluding hydrogens is 412 g/mol. The Labute approximate surface area is 187 Å². The summed E-state index contributed by atoms with van der Waals surface area (Å²) in [6.07, 6.45) is -2.00. The minimum Gasteiger partial charge on any atom is -0.496 e. The Hall–Kier alpha value is -2.78. The van der Waals surface area contributed by atoms with E-state index in [0.29, 0.717) is 18.2 Å². The van der Waals surface area contributed by atoms with E-state index in [1.54, 1.807) is 21.0 Å². The van der Waals surface area contributed by atoms with Gasteiger partial charge in [0, 0.05) is 13.3 Å². The Kier molecular flexibility index (Phi) is 7.98. The molecule has 3 unspecified atom stereocenters. The molecule has 8 nitrogen and oxygen atoms in total. The second-order valence-electron chi connectivity index (χ2n) is 7.80. The normalized spacial score (nSPS) is 22.7. The van der Waals surface area contributed by atoms with Gasteiger partial charge in [0.25, 0.3) is 5.89 Å². The highest BCUT2D eigenvalue weighted by Crippen LogP contribution is 2.34. The lowest BCUT2D eigenvalue weighted by molar-refractivity contribution is -0.170. The predicted octanol–water partition coefficient (Wildman–Crippen LogP) is 2.91. The molecule has 3 aromatic rings. The number of aryl methyl sites for hydroxylation is 2. The molecule has 0 bridgehead atoms. The Bertz CT molecular complexity index is 1010. The molecule has 8 heteroatoms. The number of rotatable bonds is 4. The van der Waals surface area contributed by atoms with Crippen LogP contribution in [0.15, 0.2) is 46.9 Å². The van der Waals surface area contributed by atoms with Crippen LogP contribution in [0.3, 0.4) is 0 Å². The zero-order valence-electron chi connectivity index (χ0n) is 18.7. The summed E-state index contributed by atoms with van der Waals surface area (Å²) in [7, 11) is 1.64. The van der Waals surface area contributed by atoms with E-state index in [-0.39, 0.29) is 12.7 Å². The zero-order chi connectivity index (χ0) is 23.3. The van der Waals surface area contributed by atoms with E-state index in [1.807, 2.05) is 30.3 Å². The first-order valence-electron chi connectivity index (χ1n) is 10.5. The van der Waals surface area contributed by atoms with Gasteiger partial charge >= 0.3 is 0 Å². The third-order valence-corrected chi connectivity index (χ3v) is 5.40. The van der Waals surface area contributed by atoms with Gasteiger partial charge in [-0.05, 0) is 42.7 Å². The van der Waals surface area contributed by atoms with Gasteiger partial charge in [-0.2, -0.15) is 0 Å². The summed E-state index contributed by atoms with van der Waals surface area (Å²) in [6, 6.07) is 14.2. The van der Waals surface area contributed by atoms with Crippen LogP contribution in [0.4, 0.5) is 0 Å². The zero-order valence-corrected chi connectivity index (χ0v) is 18.7. The van der Waals surface area contributed by atoms with Crippen molar-refractivity contribution in [1.29, 1.82) is 0 Å². The molecule has 3 N–H and O–H groups in total. The monoisotopic (exact) mass is 442 g/mol. The molecule has 0 amide bonds. The van der Waals surface area contributed by atoms with Gasteiger partial charge in [0.2, 0.25) is 5.89 Å². The van der Waals surface area contributed by atoms with Crippen molar-refractivity contribution in [2.75, 3.05) is 13.7 Å². The molecule has 0 aliphatic carbocycles. The van der Waals surface area contributed by atoms with Gasteiger partial charge < -0.3 is 29.2 Å². The molecule has 0 saturated carbocycles. The SMILES string of the molecule is COc1cc(-c2ccccc2C)ccc1-c1nnc(C)o1.C[C@H]1OC(CO)CC(O)C1O. The quantitative estimate of drug-likeness (QED) is 0.565. The number of hydrogen-bond acceptors (Lipinski definition) is 8. The lowest BCUT2D eigenvalue weighted by atomic mass is 9.99. The summed E-state index contributed by atoms with van der Waals surface area (Å²) in [6.45, 7) is 5.44. The second kappa shape index (κ2) is 10.7. The van der Waals surface area contributed by atoms with E-state index in [9.17, 15) is 10.2 Å². The van der Waals surface area contributed by atoms with Crippen molar-refractivity contribution in [2.24, 2.45) is 0 Å². The van der Waals surface area contributed by atoms with Crippen LogP contribution in [0.25, 0.3) is 22.6 Å². The fourth-order valence-corrected chi connectivity index (χ4v) is 3.62. The van der Waals surface area contributed by atoms with Crippen LogP contribution in [0.1, 0.15) is 24.8 Å². The van der Waals surface area contributed by atoms with Crippen LogP contribution in [0.5, 0.6) is 5.75 Å². The highest BCUT2D eigenvalue weighted by molar-refractivity contribution is 5.74. The second-order valence-corrected chi connectivity index (χ2v) is 7.80. The van der Waals surface area contributed by atoms with Gasteiger partial charge in [0.1, 0.15) is 11.9 Å². The van der Waals surface area contributed by atoms with E-state index in [0.717, 1.165) is 16.9 Å². The number of benzene rings is 2. The van der Waals surface area contributed by atoms with Crippen LogP contribution in [0.2, 0.25) is 0 Å². The molecular formula is C24H30N2O6. The summed E-state index contributed by atoms with van der Waals surface area (Å²) in [5.74, 6) is 1.73. The number of aliphatic hydroxyl groups excluding tert-OH is 3. The van der Waals surface area contributed by atoms with Gasteiger partial charge in [-0.25, -0.2) is 0 Å². The first kappa shape index (κ1) is 23.9. The highest BCUT2D eigenvalue weighted by atomic mass is 16.5. The molecule has 4 atom stereocenters. The maximum atomic E-state index is 9.21. The van der Waals surface area contributed by atoms with Crippen LogP contribution in [-0.2, 0) is 4.74 Å². The van der Waals surface area contributed by atoms with Crippen molar-refractivity contribution in [3.05, 3.63) is 53.9 Å². The first-order chi connectivity index (χ1) is 15.3. The Morgan fingerprint density at radius 1 is 1.06 bits per heavy atom. The molecule has 0 radical (unpaired) electrons. The molecule has 1 saturated heterocycles. The summed E-state index contributed by atoms with van der Waals surface area (Å²) in [5.41, 5.74) is 4.31. The van der Waals surface area contributed by atoms with Crippen LogP contribution in [0, 0.1) is 13.8 Å². The van der Waals surface area contributed by atoms with E-state index in [1.165, 1.54) is 11.1 Å². The van der Waals surface area contributed by atoms with Crippen molar-refractivity contribution in [3.63, 3.8) is 0 Å². The largest absolute Gasteiger partial charge is 0.496 e. The van der Waals surface area contributed by atoms with Crippen molar-refractivity contribution >= 4 is 0 Å².